The van der Waals surface area contributed by atoms with E-state index in [1.165, 1.54) is 11.3 Å². The summed E-state index contributed by atoms with van der Waals surface area (Å²) < 4.78 is 0.929. The molecule has 0 fully saturated rings. The smallest absolute Gasteiger partial charge is 0.228 e. The number of rotatable bonds is 4. The van der Waals surface area contributed by atoms with Crippen LogP contribution in [0.3, 0.4) is 0 Å². The first-order valence-electron chi connectivity index (χ1n) is 6.14. The molecule has 0 aliphatic rings. The fourth-order valence-electron chi connectivity index (χ4n) is 1.54. The van der Waals surface area contributed by atoms with Crippen molar-refractivity contribution < 1.29 is 4.79 Å². The first-order chi connectivity index (χ1) is 9.11. The van der Waals surface area contributed by atoms with Gasteiger partial charge in [0.05, 0.1) is 9.48 Å². The predicted octanol–water partition coefficient (Wildman–Crippen LogP) is 4.56. The molecule has 1 N–H and O–H groups in total. The summed E-state index contributed by atoms with van der Waals surface area (Å²) in [4.78, 5) is 16.3. The normalized spacial score (nSPS) is 12.2. The highest BCUT2D eigenvalue weighted by atomic mass is 79.9. The molecule has 0 spiro atoms. The van der Waals surface area contributed by atoms with Crippen LogP contribution in [0.4, 0.5) is 5.13 Å². The lowest BCUT2D eigenvalue weighted by molar-refractivity contribution is -0.119. The highest BCUT2D eigenvalue weighted by Gasteiger charge is 2.15. The molecule has 1 heterocycles. The van der Waals surface area contributed by atoms with E-state index in [1.54, 1.807) is 0 Å². The zero-order chi connectivity index (χ0) is 13.8. The fraction of sp³-hybridized carbons (Fsp3) is 0.286. The minimum atomic E-state index is 0.00264. The Balaban J connectivity index is 2.20. The van der Waals surface area contributed by atoms with Gasteiger partial charge in [-0.3, -0.25) is 4.79 Å². The van der Waals surface area contributed by atoms with Crippen molar-refractivity contribution in [2.75, 3.05) is 5.32 Å². The standard InChI is InChI=1S/C14H15BrN2OS/c1-3-9(2)13(18)17-14-16-11(12(15)19-14)10-7-5-4-6-8-10/h4-9H,3H2,1-2H3,(H,16,17,18). The third-order valence-electron chi connectivity index (χ3n) is 2.92. The lowest BCUT2D eigenvalue weighted by Gasteiger charge is -2.06. The summed E-state index contributed by atoms with van der Waals surface area (Å²) >= 11 is 4.94. The molecule has 1 unspecified atom stereocenters. The van der Waals surface area contributed by atoms with Gasteiger partial charge >= 0.3 is 0 Å². The van der Waals surface area contributed by atoms with Crippen LogP contribution in [-0.2, 0) is 4.79 Å². The van der Waals surface area contributed by atoms with E-state index in [0.29, 0.717) is 5.13 Å². The van der Waals surface area contributed by atoms with E-state index in [2.05, 4.69) is 26.2 Å². The summed E-state index contributed by atoms with van der Waals surface area (Å²) in [5.74, 6) is 0.0196. The van der Waals surface area contributed by atoms with Crippen LogP contribution in [0, 0.1) is 5.92 Å². The van der Waals surface area contributed by atoms with Crippen molar-refractivity contribution in [3.8, 4) is 11.3 Å². The Bertz CT molecular complexity index is 568. The monoisotopic (exact) mass is 338 g/mol. The maximum atomic E-state index is 11.8. The van der Waals surface area contributed by atoms with Crippen LogP contribution < -0.4 is 5.32 Å². The molecule has 5 heteroatoms. The summed E-state index contributed by atoms with van der Waals surface area (Å²) in [7, 11) is 0. The quantitative estimate of drug-likeness (QED) is 0.887. The lowest BCUT2D eigenvalue weighted by atomic mass is 10.1. The molecule has 0 saturated carbocycles. The van der Waals surface area contributed by atoms with Crippen LogP contribution in [0.2, 0.25) is 0 Å². The van der Waals surface area contributed by atoms with Gasteiger partial charge in [0.2, 0.25) is 5.91 Å². The molecule has 3 nitrogen and oxygen atoms in total. The molecule has 1 aromatic heterocycles. The Hall–Kier alpha value is -1.20. The maximum absolute atomic E-state index is 11.8. The van der Waals surface area contributed by atoms with Gasteiger partial charge in [0, 0.05) is 11.5 Å². The molecule has 0 radical (unpaired) electrons. The minimum absolute atomic E-state index is 0.00264. The van der Waals surface area contributed by atoms with Gasteiger partial charge in [0.1, 0.15) is 0 Å². The Morgan fingerprint density at radius 2 is 2.11 bits per heavy atom. The third kappa shape index (κ3) is 3.42. The Morgan fingerprint density at radius 3 is 2.74 bits per heavy atom. The van der Waals surface area contributed by atoms with Gasteiger partial charge in [-0.25, -0.2) is 4.98 Å². The molecular formula is C14H15BrN2OS. The van der Waals surface area contributed by atoms with Crippen molar-refractivity contribution >= 4 is 38.3 Å². The largest absolute Gasteiger partial charge is 0.302 e. The Morgan fingerprint density at radius 1 is 1.42 bits per heavy atom. The van der Waals surface area contributed by atoms with Crippen LogP contribution in [0.1, 0.15) is 20.3 Å². The zero-order valence-corrected chi connectivity index (χ0v) is 13.2. The number of hydrogen-bond acceptors (Lipinski definition) is 3. The van der Waals surface area contributed by atoms with Crippen molar-refractivity contribution in [2.24, 2.45) is 5.92 Å². The first kappa shape index (κ1) is 14.2. The third-order valence-corrected chi connectivity index (χ3v) is 4.54. The van der Waals surface area contributed by atoms with Crippen molar-refractivity contribution in [1.82, 2.24) is 4.98 Å². The van der Waals surface area contributed by atoms with E-state index in [1.807, 2.05) is 44.2 Å². The molecule has 1 atom stereocenters. The predicted molar refractivity (Wildman–Crippen MR) is 83.3 cm³/mol. The van der Waals surface area contributed by atoms with Crippen LogP contribution in [0.25, 0.3) is 11.3 Å². The maximum Gasteiger partial charge on any atom is 0.228 e. The average molecular weight is 339 g/mol. The second-order valence-corrected chi connectivity index (χ2v) is 6.62. The van der Waals surface area contributed by atoms with E-state index < -0.39 is 0 Å². The SMILES string of the molecule is CCC(C)C(=O)Nc1nc(-c2ccccc2)c(Br)s1. The number of carbonyl (C=O) groups excluding carboxylic acids is 1. The molecule has 19 heavy (non-hydrogen) atoms. The first-order valence-corrected chi connectivity index (χ1v) is 7.75. The Labute approximate surface area is 125 Å². The fourth-order valence-corrected chi connectivity index (χ4v) is 3.04. The van der Waals surface area contributed by atoms with E-state index in [4.69, 9.17) is 0 Å². The van der Waals surface area contributed by atoms with E-state index in [-0.39, 0.29) is 11.8 Å². The summed E-state index contributed by atoms with van der Waals surface area (Å²) in [6.45, 7) is 3.91. The molecule has 2 aromatic rings. The Kier molecular flexibility index (Phi) is 4.71. The van der Waals surface area contributed by atoms with Crippen LogP contribution in [-0.4, -0.2) is 10.9 Å². The van der Waals surface area contributed by atoms with E-state index in [9.17, 15) is 4.79 Å². The van der Waals surface area contributed by atoms with Gasteiger partial charge in [-0.15, -0.1) is 0 Å². The molecular weight excluding hydrogens is 324 g/mol. The number of nitrogens with one attached hydrogen (secondary N) is 1. The number of benzene rings is 1. The lowest BCUT2D eigenvalue weighted by Crippen LogP contribution is -2.19. The number of aromatic nitrogens is 1. The van der Waals surface area contributed by atoms with Gasteiger partial charge < -0.3 is 5.32 Å². The van der Waals surface area contributed by atoms with Gasteiger partial charge in [-0.2, -0.15) is 0 Å². The summed E-state index contributed by atoms with van der Waals surface area (Å²) in [5, 5.41) is 3.50. The number of amides is 1. The van der Waals surface area contributed by atoms with Crippen LogP contribution in [0.15, 0.2) is 34.1 Å². The number of hydrogen-bond donors (Lipinski definition) is 1. The topological polar surface area (TPSA) is 42.0 Å². The van der Waals surface area contributed by atoms with Crippen molar-refractivity contribution in [2.45, 2.75) is 20.3 Å². The van der Waals surface area contributed by atoms with E-state index >= 15 is 0 Å². The molecule has 1 amide bonds. The number of nitrogens with zero attached hydrogens (tertiary/aromatic N) is 1. The van der Waals surface area contributed by atoms with Gasteiger partial charge in [0.15, 0.2) is 5.13 Å². The van der Waals surface area contributed by atoms with E-state index in [0.717, 1.165) is 21.5 Å². The van der Waals surface area contributed by atoms with Crippen LogP contribution >= 0.6 is 27.3 Å². The molecule has 1 aromatic carbocycles. The molecule has 0 bridgehead atoms. The molecule has 100 valence electrons. The molecule has 2 rings (SSSR count). The highest BCUT2D eigenvalue weighted by molar-refractivity contribution is 9.11. The van der Waals surface area contributed by atoms with Crippen molar-refractivity contribution in [3.05, 3.63) is 34.1 Å². The van der Waals surface area contributed by atoms with Crippen molar-refractivity contribution in [3.63, 3.8) is 0 Å². The minimum Gasteiger partial charge on any atom is -0.302 e. The second kappa shape index (κ2) is 6.30. The molecule has 0 aliphatic carbocycles. The summed E-state index contributed by atoms with van der Waals surface area (Å²) in [6.07, 6.45) is 0.823. The summed E-state index contributed by atoms with van der Waals surface area (Å²) in [5.41, 5.74) is 1.90. The zero-order valence-electron chi connectivity index (χ0n) is 10.8. The number of thiazole rings is 1. The van der Waals surface area contributed by atoms with Crippen molar-refractivity contribution in [1.29, 1.82) is 0 Å². The van der Waals surface area contributed by atoms with Gasteiger partial charge in [-0.05, 0) is 22.4 Å². The number of carbonyl (C=O) groups is 1. The van der Waals surface area contributed by atoms with Gasteiger partial charge in [0.25, 0.3) is 0 Å². The highest BCUT2D eigenvalue weighted by Crippen LogP contribution is 2.35. The number of halogens is 1. The second-order valence-electron chi connectivity index (χ2n) is 4.31. The number of anilines is 1. The summed E-state index contributed by atoms with van der Waals surface area (Å²) in [6, 6.07) is 9.91. The average Bonchev–Trinajstić information content (AvgIpc) is 2.79. The van der Waals surface area contributed by atoms with Crippen LogP contribution in [0.5, 0.6) is 0 Å². The molecule has 0 saturated heterocycles. The molecule has 0 aliphatic heterocycles. The van der Waals surface area contributed by atoms with Gasteiger partial charge in [-0.1, -0.05) is 55.5 Å².